The molecule has 0 aliphatic heterocycles. The summed E-state index contributed by atoms with van der Waals surface area (Å²) < 4.78 is 42.9. The molecule has 5 rings (SSSR count). The van der Waals surface area contributed by atoms with Crippen LogP contribution in [0.4, 0.5) is 13.2 Å². The quantitative estimate of drug-likeness (QED) is 0.303. The van der Waals surface area contributed by atoms with E-state index in [0.29, 0.717) is 37.6 Å². The van der Waals surface area contributed by atoms with E-state index in [-0.39, 0.29) is 24.2 Å². The number of H-pyrrole nitrogens is 1. The van der Waals surface area contributed by atoms with E-state index in [4.69, 9.17) is 23.2 Å². The van der Waals surface area contributed by atoms with E-state index in [1.807, 2.05) is 0 Å². The number of carbonyl (C=O) groups excluding carboxylic acids is 1. The molecule has 4 aromatic heterocycles. The lowest BCUT2D eigenvalue weighted by molar-refractivity contribution is 0.0936. The molecule has 0 saturated carbocycles. The van der Waals surface area contributed by atoms with Crippen LogP contribution in [0.1, 0.15) is 33.6 Å². The molecule has 0 atom stereocenters. The monoisotopic (exact) mass is 518 g/mol. The zero-order valence-electron chi connectivity index (χ0n) is 17.7. The number of carbonyl (C=O) groups is 1. The lowest BCUT2D eigenvalue weighted by Gasteiger charge is -2.06. The van der Waals surface area contributed by atoms with Crippen LogP contribution in [0.2, 0.25) is 10.0 Å². The smallest absolute Gasteiger partial charge is 0.282 e. The highest BCUT2D eigenvalue weighted by molar-refractivity contribution is 6.35. The Morgan fingerprint density at radius 2 is 1.94 bits per heavy atom. The number of nitrogens with one attached hydrogen (secondary N) is 2. The summed E-state index contributed by atoms with van der Waals surface area (Å²) in [5.74, 6) is -1.31. The first-order valence-electron chi connectivity index (χ1n) is 10.3. The van der Waals surface area contributed by atoms with Gasteiger partial charge in [-0.15, -0.1) is 0 Å². The second-order valence-corrected chi connectivity index (χ2v) is 8.63. The van der Waals surface area contributed by atoms with Crippen LogP contribution in [-0.4, -0.2) is 30.6 Å². The molecule has 0 aliphatic rings. The molecule has 0 unspecified atom stereocenters. The Labute approximate surface area is 205 Å². The third-order valence-electron chi connectivity index (χ3n) is 5.34. The third-order valence-corrected chi connectivity index (χ3v) is 5.86. The van der Waals surface area contributed by atoms with Gasteiger partial charge in [0.15, 0.2) is 0 Å². The Hall–Kier alpha value is -3.63. The average molecular weight is 519 g/mol. The number of rotatable bonds is 6. The van der Waals surface area contributed by atoms with Crippen LogP contribution in [0.5, 0.6) is 0 Å². The SMILES string of the molecule is O=C(NCc1cnc2[nH]cc(Cl)c2c1)c1cn(Cc2cc(F)c3ncc(Cl)cc3c2)nc1C(F)F. The summed E-state index contributed by atoms with van der Waals surface area (Å²) in [5.41, 5.74) is 0.861. The zero-order valence-corrected chi connectivity index (χ0v) is 19.2. The number of aromatic nitrogens is 5. The summed E-state index contributed by atoms with van der Waals surface area (Å²) in [7, 11) is 0. The van der Waals surface area contributed by atoms with Crippen LogP contribution < -0.4 is 5.32 Å². The molecule has 35 heavy (non-hydrogen) atoms. The molecule has 0 spiro atoms. The van der Waals surface area contributed by atoms with Gasteiger partial charge in [0.1, 0.15) is 22.7 Å². The highest BCUT2D eigenvalue weighted by Crippen LogP contribution is 2.25. The molecule has 0 aliphatic carbocycles. The fraction of sp³-hybridized carbons (Fsp3) is 0.130. The predicted molar refractivity (Wildman–Crippen MR) is 125 cm³/mol. The van der Waals surface area contributed by atoms with Gasteiger partial charge < -0.3 is 10.3 Å². The van der Waals surface area contributed by atoms with Crippen LogP contribution in [0, 0.1) is 5.82 Å². The standard InChI is InChI=1S/C23H15Cl2F3N6O/c24-14-4-13-1-11(3-18(26)19(13)29-7-14)9-34-10-16(20(33-34)21(27)28)23(35)32-6-12-2-15-17(25)8-31-22(15)30-5-12/h1-5,7-8,10,21H,6,9H2,(H,30,31)(H,32,35). The first-order chi connectivity index (χ1) is 16.8. The van der Waals surface area contributed by atoms with Crippen molar-refractivity contribution in [2.45, 2.75) is 19.5 Å². The minimum Gasteiger partial charge on any atom is -0.348 e. The number of hydrogen-bond acceptors (Lipinski definition) is 4. The molecule has 12 heteroatoms. The molecular weight excluding hydrogens is 504 g/mol. The molecule has 0 saturated heterocycles. The molecule has 178 valence electrons. The summed E-state index contributed by atoms with van der Waals surface area (Å²) >= 11 is 12.0. The first kappa shape index (κ1) is 23.1. The molecule has 1 aromatic carbocycles. The highest BCUT2D eigenvalue weighted by Gasteiger charge is 2.23. The van der Waals surface area contributed by atoms with E-state index in [1.54, 1.807) is 30.6 Å². The summed E-state index contributed by atoms with van der Waals surface area (Å²) in [4.78, 5) is 23.8. The molecule has 2 N–H and O–H groups in total. The number of pyridine rings is 2. The van der Waals surface area contributed by atoms with E-state index in [0.717, 1.165) is 0 Å². The Morgan fingerprint density at radius 3 is 2.74 bits per heavy atom. The maximum atomic E-state index is 14.5. The van der Waals surface area contributed by atoms with E-state index in [1.165, 1.54) is 23.1 Å². The van der Waals surface area contributed by atoms with Gasteiger partial charge in [0, 0.05) is 42.1 Å². The number of amides is 1. The van der Waals surface area contributed by atoms with Gasteiger partial charge in [-0.3, -0.25) is 14.5 Å². The molecule has 4 heterocycles. The van der Waals surface area contributed by atoms with Gasteiger partial charge in [0.25, 0.3) is 12.3 Å². The Bertz CT molecular complexity index is 1580. The molecule has 1 amide bonds. The number of hydrogen-bond donors (Lipinski definition) is 2. The van der Waals surface area contributed by atoms with E-state index >= 15 is 0 Å². The van der Waals surface area contributed by atoms with Crippen molar-refractivity contribution in [3.05, 3.63) is 87.3 Å². The van der Waals surface area contributed by atoms with Crippen molar-refractivity contribution < 1.29 is 18.0 Å². The van der Waals surface area contributed by atoms with Crippen LogP contribution in [0.15, 0.2) is 49.1 Å². The molecule has 0 fully saturated rings. The van der Waals surface area contributed by atoms with Crippen molar-refractivity contribution in [3.8, 4) is 0 Å². The fourth-order valence-electron chi connectivity index (χ4n) is 3.76. The molecular formula is C23H15Cl2F3N6O. The predicted octanol–water partition coefficient (Wildman–Crippen LogP) is 5.67. The Morgan fingerprint density at radius 1 is 1.11 bits per heavy atom. The second-order valence-electron chi connectivity index (χ2n) is 7.79. The van der Waals surface area contributed by atoms with Crippen molar-refractivity contribution in [3.63, 3.8) is 0 Å². The second kappa shape index (κ2) is 9.20. The number of benzene rings is 1. The van der Waals surface area contributed by atoms with Crippen molar-refractivity contribution >= 4 is 51.0 Å². The van der Waals surface area contributed by atoms with Gasteiger partial charge in [-0.05, 0) is 35.4 Å². The van der Waals surface area contributed by atoms with Gasteiger partial charge in [-0.1, -0.05) is 23.2 Å². The average Bonchev–Trinajstić information content (AvgIpc) is 3.41. The van der Waals surface area contributed by atoms with Crippen molar-refractivity contribution in [2.75, 3.05) is 0 Å². The van der Waals surface area contributed by atoms with E-state index < -0.39 is 23.8 Å². The minimum atomic E-state index is -2.98. The molecule has 7 nitrogen and oxygen atoms in total. The normalized spacial score (nSPS) is 11.6. The molecule has 0 radical (unpaired) electrons. The Kier molecular flexibility index (Phi) is 6.08. The molecule has 5 aromatic rings. The van der Waals surface area contributed by atoms with Crippen LogP contribution in [-0.2, 0) is 13.1 Å². The van der Waals surface area contributed by atoms with E-state index in [9.17, 15) is 18.0 Å². The number of nitrogens with zero attached hydrogens (tertiary/aromatic N) is 4. The van der Waals surface area contributed by atoms with Gasteiger partial charge in [-0.2, -0.15) is 5.10 Å². The van der Waals surface area contributed by atoms with Gasteiger partial charge in [0.05, 0.1) is 22.2 Å². The first-order valence-corrected chi connectivity index (χ1v) is 11.0. The zero-order chi connectivity index (χ0) is 24.7. The maximum absolute atomic E-state index is 14.5. The summed E-state index contributed by atoms with van der Waals surface area (Å²) in [6, 6.07) is 6.17. The summed E-state index contributed by atoms with van der Waals surface area (Å²) in [5, 5.41) is 8.41. The van der Waals surface area contributed by atoms with Crippen LogP contribution >= 0.6 is 23.2 Å². The van der Waals surface area contributed by atoms with E-state index in [2.05, 4.69) is 25.4 Å². The third kappa shape index (κ3) is 4.67. The number of fused-ring (bicyclic) bond motifs is 2. The van der Waals surface area contributed by atoms with Crippen molar-refractivity contribution in [1.29, 1.82) is 0 Å². The van der Waals surface area contributed by atoms with Crippen LogP contribution in [0.25, 0.3) is 21.9 Å². The fourth-order valence-corrected chi connectivity index (χ4v) is 4.12. The van der Waals surface area contributed by atoms with Gasteiger partial charge in [-0.25, -0.2) is 18.2 Å². The van der Waals surface area contributed by atoms with Gasteiger partial charge >= 0.3 is 0 Å². The number of alkyl halides is 2. The largest absolute Gasteiger partial charge is 0.348 e. The summed E-state index contributed by atoms with van der Waals surface area (Å²) in [6.07, 6.45) is 2.70. The van der Waals surface area contributed by atoms with Gasteiger partial charge in [0.2, 0.25) is 0 Å². The van der Waals surface area contributed by atoms with Crippen LogP contribution in [0.3, 0.4) is 0 Å². The lowest BCUT2D eigenvalue weighted by Crippen LogP contribution is -2.23. The highest BCUT2D eigenvalue weighted by atomic mass is 35.5. The Balaban J connectivity index is 1.37. The lowest BCUT2D eigenvalue weighted by atomic mass is 10.1. The topological polar surface area (TPSA) is 88.5 Å². The van der Waals surface area contributed by atoms with Crippen molar-refractivity contribution in [1.82, 2.24) is 30.0 Å². The summed E-state index contributed by atoms with van der Waals surface area (Å²) in [6.45, 7) is -0.000263. The maximum Gasteiger partial charge on any atom is 0.282 e. The van der Waals surface area contributed by atoms with Crippen molar-refractivity contribution in [2.24, 2.45) is 0 Å². The number of aromatic amines is 1. The molecule has 0 bridgehead atoms. The number of halogens is 5. The minimum absolute atomic E-state index is 0.0424.